The first kappa shape index (κ1) is 13.9. The average molecular weight is 254 g/mol. The third kappa shape index (κ3) is 2.44. The largest absolute Gasteiger partial charge is 0.481 e. The van der Waals surface area contributed by atoms with Crippen LogP contribution in [0, 0.1) is 22.7 Å². The predicted octanol–water partition coefficient (Wildman–Crippen LogP) is 4.73. The Morgan fingerprint density at radius 2 is 1.83 bits per heavy atom. The molecule has 0 aromatic heterocycles. The van der Waals surface area contributed by atoms with Crippen molar-refractivity contribution in [2.75, 3.05) is 0 Å². The van der Waals surface area contributed by atoms with Crippen molar-refractivity contribution in [3.63, 3.8) is 0 Å². The Bertz CT molecular complexity index is 327. The third-order valence-corrected chi connectivity index (χ3v) is 5.92. The minimum atomic E-state index is -0.606. The van der Waals surface area contributed by atoms with Crippen molar-refractivity contribution >= 4 is 5.97 Å². The predicted molar refractivity (Wildman–Crippen MR) is 75.6 cm³/mol. The summed E-state index contributed by atoms with van der Waals surface area (Å²) in [6.07, 6.45) is 9.14. The molecule has 0 aromatic rings. The van der Waals surface area contributed by atoms with Gasteiger partial charge in [0.25, 0.3) is 0 Å². The molecule has 0 heterocycles. The van der Waals surface area contributed by atoms with E-state index in [1.807, 2.05) is 0 Å². The van der Waals surface area contributed by atoms with Gasteiger partial charge in [-0.3, -0.25) is 4.79 Å². The van der Waals surface area contributed by atoms with E-state index >= 15 is 0 Å². The van der Waals surface area contributed by atoms with E-state index in [1.54, 1.807) is 0 Å². The number of hydrogen-bond donors (Lipinski definition) is 1. The molecule has 2 rings (SSSR count). The van der Waals surface area contributed by atoms with Crippen molar-refractivity contribution in [3.05, 3.63) is 0 Å². The van der Waals surface area contributed by atoms with Gasteiger partial charge in [-0.2, -0.15) is 0 Å². The summed E-state index contributed by atoms with van der Waals surface area (Å²) in [6, 6.07) is 0. The molecule has 2 heteroatoms. The monoisotopic (exact) mass is 254 g/mol. The van der Waals surface area contributed by atoms with Gasteiger partial charge in [0.2, 0.25) is 0 Å². The molecule has 3 atom stereocenters. The van der Waals surface area contributed by atoms with E-state index in [9.17, 15) is 9.90 Å². The molecule has 0 spiro atoms. The number of carboxylic acids is 1. The summed E-state index contributed by atoms with van der Waals surface area (Å²) < 4.78 is 0. The van der Waals surface area contributed by atoms with Gasteiger partial charge in [0, 0.05) is 7.85 Å². The van der Waals surface area contributed by atoms with Crippen molar-refractivity contribution in [1.29, 1.82) is 0 Å². The van der Waals surface area contributed by atoms with Crippen molar-refractivity contribution in [2.24, 2.45) is 22.7 Å². The first-order valence-electron chi connectivity index (χ1n) is 7.58. The van der Waals surface area contributed by atoms with Gasteiger partial charge in [-0.25, -0.2) is 0 Å². The lowest BCUT2D eigenvalue weighted by Gasteiger charge is -2.53. The lowest BCUT2D eigenvalue weighted by Crippen LogP contribution is -2.46. The van der Waals surface area contributed by atoms with Gasteiger partial charge in [0.1, 0.15) is 0 Å². The average Bonchev–Trinajstić information content (AvgIpc) is 2.39. The van der Waals surface area contributed by atoms with Crippen LogP contribution in [0.4, 0.5) is 0 Å². The van der Waals surface area contributed by atoms with Crippen LogP contribution >= 0.6 is 0 Å². The Labute approximate surface area is 113 Å². The van der Waals surface area contributed by atoms with Crippen LogP contribution in [0.5, 0.6) is 0 Å². The van der Waals surface area contributed by atoms with E-state index in [2.05, 4.69) is 20.8 Å². The summed E-state index contributed by atoms with van der Waals surface area (Å²) in [4.78, 5) is 11.2. The van der Waals surface area contributed by atoms with Gasteiger partial charge in [0.15, 0.2) is 0 Å². The van der Waals surface area contributed by atoms with Gasteiger partial charge in [-0.05, 0) is 48.3 Å². The highest BCUT2D eigenvalue weighted by Gasteiger charge is 2.50. The van der Waals surface area contributed by atoms with Gasteiger partial charge in [0.05, 0.1) is 0 Å². The molecule has 1 N–H and O–H groups in total. The van der Waals surface area contributed by atoms with Crippen LogP contribution in [0.25, 0.3) is 0 Å². The molecule has 2 aliphatic rings. The van der Waals surface area contributed by atoms with Crippen LogP contribution in [0.15, 0.2) is 0 Å². The molecule has 0 radical (unpaired) electrons. The molecule has 0 bridgehead atoms. The molecule has 0 saturated heterocycles. The zero-order valence-electron chi connectivity index (χ0n) is 12.2. The second-order valence-corrected chi connectivity index (χ2v) is 7.48. The van der Waals surface area contributed by atoms with Crippen LogP contribution in [0.2, 0.25) is 0 Å². The van der Waals surface area contributed by atoms with E-state index in [0.29, 0.717) is 23.7 Å². The maximum atomic E-state index is 11.2. The van der Waals surface area contributed by atoms with E-state index in [4.69, 9.17) is 0 Å². The summed E-state index contributed by atoms with van der Waals surface area (Å²) in [5.41, 5.74) is 0.657. The molecular weight excluding hydrogens is 224 g/mol. The van der Waals surface area contributed by atoms with Crippen molar-refractivity contribution in [3.8, 4) is 0 Å². The highest BCUT2D eigenvalue weighted by Crippen LogP contribution is 2.59. The fourth-order valence-corrected chi connectivity index (χ4v) is 4.99. The molecule has 106 valence electrons. The third-order valence-electron chi connectivity index (χ3n) is 5.92. The zero-order valence-corrected chi connectivity index (χ0v) is 12.2. The summed E-state index contributed by atoms with van der Waals surface area (Å²) in [7, 11) is 0. The topological polar surface area (TPSA) is 37.3 Å². The molecule has 2 nitrogen and oxygen atoms in total. The second kappa shape index (κ2) is 4.86. The molecule has 0 aromatic carbocycles. The van der Waals surface area contributed by atoms with Crippen LogP contribution in [-0.2, 0) is 4.79 Å². The number of rotatable bonds is 2. The van der Waals surface area contributed by atoms with Crippen molar-refractivity contribution < 1.29 is 11.3 Å². The maximum absolute atomic E-state index is 11.2. The molecule has 0 amide bonds. The number of fused-ring (bicyclic) bond motifs is 1. The normalized spacial score (nSPS) is 39.7. The highest BCUT2D eigenvalue weighted by atomic mass is 16.4. The van der Waals surface area contributed by atoms with Crippen LogP contribution < -0.4 is 0 Å². The molecule has 3 unspecified atom stereocenters. The minimum Gasteiger partial charge on any atom is -0.481 e. The number of aliphatic carboxylic acids is 1. The van der Waals surface area contributed by atoms with E-state index in [-0.39, 0.29) is 6.84 Å². The number of carbonyl (C=O) groups is 1. The Morgan fingerprint density at radius 1 is 1.17 bits per heavy atom. The van der Waals surface area contributed by atoms with Crippen LogP contribution in [0.1, 0.15) is 73.6 Å². The van der Waals surface area contributed by atoms with E-state index in [1.165, 1.54) is 38.5 Å². The first-order valence-corrected chi connectivity index (χ1v) is 7.58. The molecule has 0 aliphatic heterocycles. The lowest BCUT2D eigenvalue weighted by atomic mass is 9.51. The summed E-state index contributed by atoms with van der Waals surface area (Å²) >= 11 is 0. The first-order chi connectivity index (χ1) is 8.36. The van der Waals surface area contributed by atoms with E-state index < -0.39 is 5.97 Å². The SMILES string of the molecule is CC1(C)CCCC2(C)C(CC(=O)O)CCCCC12.[HH]. The van der Waals surface area contributed by atoms with Gasteiger partial charge >= 0.3 is 5.97 Å². The second-order valence-electron chi connectivity index (χ2n) is 7.48. The Kier molecular flexibility index (Phi) is 3.75. The Morgan fingerprint density at radius 3 is 2.50 bits per heavy atom. The molecular formula is C16H30O2. The molecule has 2 fully saturated rings. The standard InChI is InChI=1S/C16H28O2.H2/c1-15(2)9-6-10-16(3)12(11-14(17)18)7-4-5-8-13(15)16;/h12-13H,4-11H2,1-3H3,(H,17,18);1H. The van der Waals surface area contributed by atoms with Crippen LogP contribution in [0.3, 0.4) is 0 Å². The van der Waals surface area contributed by atoms with Gasteiger partial charge < -0.3 is 5.11 Å². The maximum Gasteiger partial charge on any atom is 0.303 e. The smallest absolute Gasteiger partial charge is 0.303 e. The van der Waals surface area contributed by atoms with Crippen LogP contribution in [-0.4, -0.2) is 11.1 Å². The Balaban J connectivity index is 0.00000180. The summed E-state index contributed by atoms with van der Waals surface area (Å²) in [5.74, 6) is 0.498. The molecule has 18 heavy (non-hydrogen) atoms. The van der Waals surface area contributed by atoms with Crippen molar-refractivity contribution in [1.82, 2.24) is 0 Å². The summed E-state index contributed by atoms with van der Waals surface area (Å²) in [5, 5.41) is 9.19. The van der Waals surface area contributed by atoms with E-state index in [0.717, 1.165) is 6.42 Å². The lowest BCUT2D eigenvalue weighted by molar-refractivity contribution is -0.141. The fraction of sp³-hybridized carbons (Fsp3) is 0.938. The summed E-state index contributed by atoms with van der Waals surface area (Å²) in [6.45, 7) is 7.19. The zero-order chi connectivity index (χ0) is 13.4. The molecule has 2 saturated carbocycles. The van der Waals surface area contributed by atoms with Gasteiger partial charge in [-0.15, -0.1) is 0 Å². The van der Waals surface area contributed by atoms with Crippen molar-refractivity contribution in [2.45, 2.75) is 72.1 Å². The number of carboxylic acid groups (broad SMARTS) is 1. The quantitative estimate of drug-likeness (QED) is 0.773. The minimum absolute atomic E-state index is 0. The highest BCUT2D eigenvalue weighted by molar-refractivity contribution is 5.67. The Hall–Kier alpha value is -0.530. The van der Waals surface area contributed by atoms with Gasteiger partial charge in [-0.1, -0.05) is 40.0 Å². The number of hydrogen-bond acceptors (Lipinski definition) is 1. The fourth-order valence-electron chi connectivity index (χ4n) is 4.99. The molecule has 2 aliphatic carbocycles.